The molecule has 0 radical (unpaired) electrons. The van der Waals surface area contributed by atoms with Crippen molar-refractivity contribution >= 4 is 64.9 Å². The smallest absolute Gasteiger partial charge is 0.329 e. The maximum Gasteiger partial charge on any atom is 0.329 e. The molecule has 13 atom stereocenters. The van der Waals surface area contributed by atoms with Crippen molar-refractivity contribution in [2.45, 2.75) is 236 Å². The Labute approximate surface area is 545 Å². The van der Waals surface area contributed by atoms with Crippen LogP contribution in [-0.4, -0.2) is 237 Å². The number of amides is 9. The van der Waals surface area contributed by atoms with Crippen LogP contribution in [0.2, 0.25) is 0 Å². The number of carbonyl (C=O) groups excluding carboxylic acids is 11. The summed E-state index contributed by atoms with van der Waals surface area (Å²) >= 11 is 0. The van der Waals surface area contributed by atoms with Gasteiger partial charge >= 0.3 is 5.97 Å². The molecule has 1 aliphatic heterocycles. The van der Waals surface area contributed by atoms with Gasteiger partial charge in [0, 0.05) is 49.5 Å². The van der Waals surface area contributed by atoms with Gasteiger partial charge < -0.3 is 60.0 Å². The van der Waals surface area contributed by atoms with Crippen molar-refractivity contribution in [3.05, 3.63) is 12.2 Å². The first-order chi connectivity index (χ1) is 42.1. The summed E-state index contributed by atoms with van der Waals surface area (Å²) in [5, 5.41) is 11.4. The Bertz CT molecular complexity index is 2450. The van der Waals surface area contributed by atoms with Crippen LogP contribution in [-0.2, 0) is 67.0 Å². The summed E-state index contributed by atoms with van der Waals surface area (Å²) in [6.45, 7) is 31.5. The fourth-order valence-electron chi connectivity index (χ4n) is 11.6. The lowest BCUT2D eigenvalue weighted by atomic mass is 9.91. The summed E-state index contributed by atoms with van der Waals surface area (Å²) in [4.78, 5) is 170. The number of likely N-dealkylation sites (N-methyl/N-ethyl adjacent to an activating group) is 6. The number of Topliss-reactive ketones (excluding diaryl/α,β-unsaturated/α-hetero) is 1. The molecule has 91 heavy (non-hydrogen) atoms. The van der Waals surface area contributed by atoms with Crippen molar-refractivity contribution in [2.75, 3.05) is 69.6 Å². The van der Waals surface area contributed by atoms with Crippen molar-refractivity contribution in [1.29, 1.82) is 0 Å². The second-order valence-electron chi connectivity index (χ2n) is 28.1. The summed E-state index contributed by atoms with van der Waals surface area (Å²) in [7, 11) is 11.5. The van der Waals surface area contributed by atoms with Gasteiger partial charge in [-0.05, 0) is 114 Å². The Morgan fingerprint density at radius 2 is 0.912 bits per heavy atom. The highest BCUT2D eigenvalue weighted by atomic mass is 16.6. The molecule has 24 nitrogen and oxygen atoms in total. The molecule has 24 heteroatoms. The highest BCUT2D eigenvalue weighted by molar-refractivity contribution is 5.99. The van der Waals surface area contributed by atoms with E-state index in [1.807, 2.05) is 95.2 Å². The Hall–Kier alpha value is -6.01. The standard InChI is InChI=1S/C67H120N10O14/c1-27-28-29-44(16)57(90-26)55-61(82)71-53(46(18)89-25)64(85)73(20)36-47(78)35-72(19)50(32-39(6)7)58(79)69-48(30-37(2)3)62(83)74(21)51(33-40(8)9)59(80)68-45(17)67(88)91-56(43(14)15)66(87)75(22)52(34-41(10)11)60(81)70-49(31-38(4)5)63(84)76(23)54(42(12)13)65(86)77(55)24/h27-28,37-46,48-57H,29-36H2,1-26H3,(H,68,80)(H,69,79)(H,70,81)(H,71,82)/b28-27+/t44-,45-,46-,48-,49-,50+,51-,52-,53-,54-,55-,56+,57-/m1/s1. The third-order valence-electron chi connectivity index (χ3n) is 16.8. The number of hydrogen-bond donors (Lipinski definition) is 4. The van der Waals surface area contributed by atoms with Gasteiger partial charge in [0.2, 0.25) is 47.3 Å². The number of ether oxygens (including phenoxy) is 3. The van der Waals surface area contributed by atoms with E-state index >= 15 is 14.4 Å². The molecular weight excluding hydrogens is 1170 g/mol. The lowest BCUT2D eigenvalue weighted by molar-refractivity contribution is -0.166. The molecule has 0 saturated carbocycles. The molecule has 1 saturated heterocycles. The summed E-state index contributed by atoms with van der Waals surface area (Å²) < 4.78 is 17.7. The number of allylic oxidation sites excluding steroid dienone is 2. The number of carbonyl (C=O) groups is 11. The fourth-order valence-corrected chi connectivity index (χ4v) is 11.6. The fraction of sp³-hybridized carbons (Fsp3) is 0.806. The van der Waals surface area contributed by atoms with Gasteiger partial charge in [0.1, 0.15) is 48.3 Å². The van der Waals surface area contributed by atoms with E-state index in [-0.39, 0.29) is 68.2 Å². The van der Waals surface area contributed by atoms with E-state index in [4.69, 9.17) is 14.2 Å². The average Bonchev–Trinajstić information content (AvgIpc) is 0.988. The highest BCUT2D eigenvalue weighted by Gasteiger charge is 2.46. The van der Waals surface area contributed by atoms with E-state index in [1.165, 1.54) is 76.0 Å². The predicted molar refractivity (Wildman–Crippen MR) is 351 cm³/mol. The minimum Gasteiger partial charge on any atom is -0.450 e. The second-order valence-corrected chi connectivity index (χ2v) is 28.1. The molecule has 1 heterocycles. The third kappa shape index (κ3) is 25.1. The highest BCUT2D eigenvalue weighted by Crippen LogP contribution is 2.26. The van der Waals surface area contributed by atoms with Gasteiger partial charge in [-0.15, -0.1) is 0 Å². The number of hydrogen-bond acceptors (Lipinski definition) is 15. The lowest BCUT2D eigenvalue weighted by Crippen LogP contribution is -2.64. The summed E-state index contributed by atoms with van der Waals surface area (Å²) in [6, 6.07) is -11.1. The molecule has 0 aromatic heterocycles. The maximum absolute atomic E-state index is 15.4. The Balaban J connectivity index is 4.43. The topological polar surface area (TPSA) is 283 Å². The Kier molecular flexibility index (Phi) is 35.5. The number of nitrogens with one attached hydrogen (secondary N) is 4. The van der Waals surface area contributed by atoms with Crippen LogP contribution in [0, 0.1) is 47.3 Å². The first kappa shape index (κ1) is 83.0. The van der Waals surface area contributed by atoms with E-state index in [1.54, 1.807) is 46.6 Å². The van der Waals surface area contributed by atoms with Crippen LogP contribution in [0.15, 0.2) is 12.2 Å². The average molecular weight is 1290 g/mol. The van der Waals surface area contributed by atoms with Crippen LogP contribution in [0.1, 0.15) is 163 Å². The van der Waals surface area contributed by atoms with Gasteiger partial charge in [-0.2, -0.15) is 0 Å². The maximum atomic E-state index is 15.4. The van der Waals surface area contributed by atoms with Crippen molar-refractivity contribution in [3.8, 4) is 0 Å². The summed E-state index contributed by atoms with van der Waals surface area (Å²) in [6.07, 6.45) is 1.57. The third-order valence-corrected chi connectivity index (χ3v) is 16.8. The van der Waals surface area contributed by atoms with Crippen LogP contribution in [0.4, 0.5) is 0 Å². The SMILES string of the molecule is C/C=C/C[C@@H](C)[C@@H](OC)[C@@H]1C(=O)N[C@H]([C@@H](C)OC)C(=O)N(C)CC(=O)CN(C)[C@@H](CC(C)C)C(=O)N[C@H](CC(C)C)C(=O)N(C)[C@H](CC(C)C)C(=O)N[C@H](C)C(=O)O[C@@H](C(C)C)C(=O)N(C)[C@H](CC(C)C)C(=O)N[C@H](CC(C)C)C(=O)N(C)[C@H](C(C)C)C(=O)N1C. The van der Waals surface area contributed by atoms with Crippen LogP contribution < -0.4 is 21.3 Å². The summed E-state index contributed by atoms with van der Waals surface area (Å²) in [5.74, 6) is -9.73. The first-order valence-corrected chi connectivity index (χ1v) is 32.7. The molecule has 0 unspecified atom stereocenters. The molecule has 522 valence electrons. The van der Waals surface area contributed by atoms with Gasteiger partial charge in [-0.1, -0.05) is 116 Å². The van der Waals surface area contributed by atoms with Crippen molar-refractivity contribution in [2.24, 2.45) is 47.3 Å². The predicted octanol–water partition coefficient (Wildman–Crippen LogP) is 4.70. The number of ketones is 1. The number of esters is 1. The molecular formula is C67H120N10O14. The van der Waals surface area contributed by atoms with Crippen LogP contribution in [0.25, 0.3) is 0 Å². The molecule has 0 aromatic rings. The largest absolute Gasteiger partial charge is 0.450 e. The van der Waals surface area contributed by atoms with E-state index in [0.717, 1.165) is 4.90 Å². The number of rotatable bonds is 19. The number of methoxy groups -OCH3 is 2. The van der Waals surface area contributed by atoms with E-state index in [0.29, 0.717) is 6.42 Å². The van der Waals surface area contributed by atoms with Gasteiger partial charge in [0.05, 0.1) is 31.3 Å². The lowest BCUT2D eigenvalue weighted by Gasteiger charge is -2.41. The molecule has 0 bridgehead atoms. The number of cyclic esters (lactones) is 1. The van der Waals surface area contributed by atoms with Crippen LogP contribution in [0.3, 0.4) is 0 Å². The van der Waals surface area contributed by atoms with Crippen molar-refractivity contribution in [3.63, 3.8) is 0 Å². The molecule has 1 fully saturated rings. The van der Waals surface area contributed by atoms with Gasteiger partial charge in [-0.25, -0.2) is 4.79 Å². The monoisotopic (exact) mass is 1290 g/mol. The molecule has 0 aromatic carbocycles. The zero-order valence-corrected chi connectivity index (χ0v) is 60.3. The van der Waals surface area contributed by atoms with Crippen LogP contribution in [0.5, 0.6) is 0 Å². The summed E-state index contributed by atoms with van der Waals surface area (Å²) in [5.41, 5.74) is 0. The minimum absolute atomic E-state index is 0.0696. The molecule has 1 rings (SSSR count). The second kappa shape index (κ2) is 38.9. The zero-order chi connectivity index (χ0) is 70.4. The van der Waals surface area contributed by atoms with Gasteiger partial charge in [0.15, 0.2) is 11.9 Å². The van der Waals surface area contributed by atoms with Crippen LogP contribution >= 0.6 is 0 Å². The molecule has 1 aliphatic rings. The van der Waals surface area contributed by atoms with Gasteiger partial charge in [0.25, 0.3) is 5.91 Å². The van der Waals surface area contributed by atoms with Crippen molar-refractivity contribution < 1.29 is 67.0 Å². The van der Waals surface area contributed by atoms with E-state index < -0.39 is 162 Å². The minimum atomic E-state index is -1.45. The van der Waals surface area contributed by atoms with Gasteiger partial charge in [-0.3, -0.25) is 52.8 Å². The van der Waals surface area contributed by atoms with Crippen molar-refractivity contribution in [1.82, 2.24) is 50.7 Å². The molecule has 0 spiro atoms. The molecule has 9 amide bonds. The Morgan fingerprint density at radius 3 is 1.34 bits per heavy atom. The number of nitrogens with zero attached hydrogens (tertiary/aromatic N) is 6. The van der Waals surface area contributed by atoms with E-state index in [2.05, 4.69) is 21.3 Å². The first-order valence-electron chi connectivity index (χ1n) is 32.7. The Morgan fingerprint density at radius 1 is 0.484 bits per heavy atom. The zero-order valence-electron chi connectivity index (χ0n) is 60.3. The molecule has 4 N–H and O–H groups in total. The quantitative estimate of drug-likeness (QED) is 0.101. The molecule has 0 aliphatic carbocycles. The normalized spacial score (nSPS) is 26.6. The van der Waals surface area contributed by atoms with E-state index in [9.17, 15) is 38.4 Å².